The molecule has 0 saturated carbocycles. The van der Waals surface area contributed by atoms with Gasteiger partial charge in [-0.2, -0.15) is 4.31 Å². The van der Waals surface area contributed by atoms with E-state index in [9.17, 15) is 8.42 Å². The van der Waals surface area contributed by atoms with E-state index in [0.29, 0.717) is 6.54 Å². The number of halogens is 1. The molecule has 7 nitrogen and oxygen atoms in total. The summed E-state index contributed by atoms with van der Waals surface area (Å²) >= 11 is 3.13. The molecular weight excluding hydrogens is 346 g/mol. The van der Waals surface area contributed by atoms with Crippen LogP contribution in [0.2, 0.25) is 0 Å². The van der Waals surface area contributed by atoms with Crippen molar-refractivity contribution < 1.29 is 8.42 Å². The lowest BCUT2D eigenvalue weighted by atomic mass is 10.3. The monoisotopic (exact) mass is 359 g/mol. The number of aryl methyl sites for hydroxylation is 1. The summed E-state index contributed by atoms with van der Waals surface area (Å²) in [6.07, 6.45) is 3.27. The van der Waals surface area contributed by atoms with Crippen molar-refractivity contribution in [3.63, 3.8) is 0 Å². The molecule has 2 aromatic rings. The van der Waals surface area contributed by atoms with E-state index in [0.717, 1.165) is 5.56 Å². The molecule has 0 radical (unpaired) electrons. The summed E-state index contributed by atoms with van der Waals surface area (Å²) in [6, 6.07) is 3.57. The van der Waals surface area contributed by atoms with Crippen LogP contribution in [0.1, 0.15) is 12.5 Å². The second kappa shape index (κ2) is 5.98. The van der Waals surface area contributed by atoms with Gasteiger partial charge >= 0.3 is 0 Å². The number of aromatic nitrogens is 4. The molecule has 0 saturated heterocycles. The summed E-state index contributed by atoms with van der Waals surface area (Å²) < 4.78 is 28.1. The highest BCUT2D eigenvalue weighted by Crippen LogP contribution is 2.23. The van der Waals surface area contributed by atoms with Crippen molar-refractivity contribution in [1.29, 1.82) is 0 Å². The van der Waals surface area contributed by atoms with Gasteiger partial charge in [-0.05, 0) is 33.6 Å². The molecule has 2 rings (SSSR count). The zero-order valence-corrected chi connectivity index (χ0v) is 13.5. The minimum atomic E-state index is -3.66. The van der Waals surface area contributed by atoms with Gasteiger partial charge in [0.1, 0.15) is 0 Å². The van der Waals surface area contributed by atoms with Gasteiger partial charge in [0.25, 0.3) is 10.0 Å². The van der Waals surface area contributed by atoms with Crippen LogP contribution in [0.3, 0.4) is 0 Å². The van der Waals surface area contributed by atoms with Crippen molar-refractivity contribution in [3.05, 3.63) is 34.7 Å². The third-order valence-corrected chi connectivity index (χ3v) is 5.59. The van der Waals surface area contributed by atoms with E-state index in [1.807, 2.05) is 0 Å². The summed E-state index contributed by atoms with van der Waals surface area (Å²) in [5, 5.41) is 7.48. The van der Waals surface area contributed by atoms with E-state index < -0.39 is 10.0 Å². The maximum absolute atomic E-state index is 12.7. The molecule has 9 heteroatoms. The van der Waals surface area contributed by atoms with E-state index >= 15 is 0 Å². The highest BCUT2D eigenvalue weighted by Gasteiger charge is 2.30. The number of sulfonamides is 1. The number of rotatable bonds is 5. The predicted octanol–water partition coefficient (Wildman–Crippen LogP) is 1.18. The molecule has 0 atom stereocenters. The maximum atomic E-state index is 12.7. The Bertz CT molecular complexity index is 667. The normalized spacial score (nSPS) is 12.0. The Morgan fingerprint density at radius 2 is 2.00 bits per heavy atom. The van der Waals surface area contributed by atoms with Gasteiger partial charge in [-0.3, -0.25) is 4.98 Å². The number of hydrogen-bond acceptors (Lipinski definition) is 5. The Kier molecular flexibility index (Phi) is 4.51. The molecule has 0 aliphatic heterocycles. The van der Waals surface area contributed by atoms with E-state index in [4.69, 9.17) is 0 Å². The molecule has 0 spiro atoms. The van der Waals surface area contributed by atoms with Gasteiger partial charge in [-0.25, -0.2) is 13.1 Å². The van der Waals surface area contributed by atoms with Crippen LogP contribution in [0.5, 0.6) is 0 Å². The fourth-order valence-electron chi connectivity index (χ4n) is 1.78. The molecule has 2 heterocycles. The quantitative estimate of drug-likeness (QED) is 0.800. The number of hydrogen-bond donors (Lipinski definition) is 0. The summed E-state index contributed by atoms with van der Waals surface area (Å²) in [5.74, 6) is 0. The van der Waals surface area contributed by atoms with Crippen LogP contribution in [0, 0.1) is 0 Å². The molecular formula is C11H14BrN5O2S. The minimum Gasteiger partial charge on any atom is -0.265 e. The molecule has 2 aromatic heterocycles. The molecule has 0 fully saturated rings. The second-order valence-electron chi connectivity index (χ2n) is 4.10. The SMILES string of the molecule is CCN(Cc1ccncc1)S(=O)(=O)c1c(Br)nnn1C. The lowest BCUT2D eigenvalue weighted by Crippen LogP contribution is -2.32. The van der Waals surface area contributed by atoms with Gasteiger partial charge in [0, 0.05) is 32.5 Å². The van der Waals surface area contributed by atoms with Crippen LogP contribution >= 0.6 is 15.9 Å². The van der Waals surface area contributed by atoms with Crippen molar-refractivity contribution >= 4 is 26.0 Å². The van der Waals surface area contributed by atoms with Crippen LogP contribution in [-0.2, 0) is 23.6 Å². The fourth-order valence-corrected chi connectivity index (χ4v) is 4.25. The van der Waals surface area contributed by atoms with Crippen molar-refractivity contribution in [2.75, 3.05) is 6.54 Å². The van der Waals surface area contributed by atoms with Gasteiger partial charge in [0.05, 0.1) is 0 Å². The zero-order chi connectivity index (χ0) is 14.8. The summed E-state index contributed by atoms with van der Waals surface area (Å²) in [6.45, 7) is 2.41. The lowest BCUT2D eigenvalue weighted by Gasteiger charge is -2.20. The van der Waals surface area contributed by atoms with Crippen molar-refractivity contribution in [1.82, 2.24) is 24.3 Å². The average molecular weight is 360 g/mol. The molecule has 0 N–H and O–H groups in total. The van der Waals surface area contributed by atoms with Gasteiger partial charge in [-0.1, -0.05) is 12.1 Å². The highest BCUT2D eigenvalue weighted by atomic mass is 79.9. The first kappa shape index (κ1) is 15.1. The topological polar surface area (TPSA) is 81.0 Å². The van der Waals surface area contributed by atoms with E-state index in [2.05, 4.69) is 31.2 Å². The molecule has 0 bridgehead atoms. The lowest BCUT2D eigenvalue weighted by molar-refractivity contribution is 0.416. The molecule has 0 aromatic carbocycles. The Morgan fingerprint density at radius 1 is 1.35 bits per heavy atom. The second-order valence-corrected chi connectivity index (χ2v) is 6.70. The van der Waals surface area contributed by atoms with Crippen LogP contribution in [-0.4, -0.2) is 39.2 Å². The standard InChI is InChI=1S/C11H14BrN5O2S/c1-3-17(8-9-4-6-13-7-5-9)20(18,19)11-10(12)14-15-16(11)2/h4-7H,3,8H2,1-2H3. The smallest absolute Gasteiger partial charge is 0.263 e. The first-order chi connectivity index (χ1) is 9.46. The van der Waals surface area contributed by atoms with Crippen LogP contribution in [0.4, 0.5) is 0 Å². The van der Waals surface area contributed by atoms with E-state index in [1.54, 1.807) is 38.5 Å². The first-order valence-corrected chi connectivity index (χ1v) is 8.14. The van der Waals surface area contributed by atoms with Crippen LogP contribution < -0.4 is 0 Å². The summed E-state index contributed by atoms with van der Waals surface area (Å²) in [4.78, 5) is 3.92. The van der Waals surface area contributed by atoms with Crippen LogP contribution in [0.25, 0.3) is 0 Å². The van der Waals surface area contributed by atoms with Crippen LogP contribution in [0.15, 0.2) is 34.2 Å². The highest BCUT2D eigenvalue weighted by molar-refractivity contribution is 9.10. The van der Waals surface area contributed by atoms with E-state index in [-0.39, 0.29) is 16.2 Å². The number of pyridine rings is 1. The van der Waals surface area contributed by atoms with E-state index in [1.165, 1.54) is 8.99 Å². The largest absolute Gasteiger partial charge is 0.265 e. The molecule has 108 valence electrons. The molecule has 0 unspecified atom stereocenters. The molecule has 0 amide bonds. The van der Waals surface area contributed by atoms with Gasteiger partial charge < -0.3 is 0 Å². The summed E-state index contributed by atoms with van der Waals surface area (Å²) in [7, 11) is -2.12. The third-order valence-electron chi connectivity index (χ3n) is 2.78. The summed E-state index contributed by atoms with van der Waals surface area (Å²) in [5.41, 5.74) is 0.872. The van der Waals surface area contributed by atoms with Gasteiger partial charge in [0.15, 0.2) is 4.60 Å². The van der Waals surface area contributed by atoms with Crippen molar-refractivity contribution in [2.24, 2.45) is 7.05 Å². The first-order valence-electron chi connectivity index (χ1n) is 5.91. The predicted molar refractivity (Wildman–Crippen MR) is 76.2 cm³/mol. The van der Waals surface area contributed by atoms with Crippen molar-refractivity contribution in [2.45, 2.75) is 18.5 Å². The van der Waals surface area contributed by atoms with Crippen molar-refractivity contribution in [3.8, 4) is 0 Å². The Morgan fingerprint density at radius 3 is 2.50 bits per heavy atom. The minimum absolute atomic E-state index is 0.0495. The Labute approximate surface area is 125 Å². The number of nitrogens with zero attached hydrogens (tertiary/aromatic N) is 5. The Balaban J connectivity index is 2.36. The zero-order valence-electron chi connectivity index (χ0n) is 11.1. The molecule has 20 heavy (non-hydrogen) atoms. The van der Waals surface area contributed by atoms with Gasteiger partial charge in [0.2, 0.25) is 5.03 Å². The Hall–Kier alpha value is -1.32. The molecule has 0 aliphatic rings. The fraction of sp³-hybridized carbons (Fsp3) is 0.364. The maximum Gasteiger partial charge on any atom is 0.263 e. The van der Waals surface area contributed by atoms with Gasteiger partial charge in [-0.15, -0.1) is 5.10 Å². The average Bonchev–Trinajstić information content (AvgIpc) is 2.77. The third kappa shape index (κ3) is 2.89. The molecule has 0 aliphatic carbocycles.